The number of nitrogens with one attached hydrogen (secondary N) is 1. The van der Waals surface area contributed by atoms with E-state index in [1.54, 1.807) is 30.3 Å². The second-order valence-electron chi connectivity index (χ2n) is 7.78. The second-order valence-corrected chi connectivity index (χ2v) is 7.78. The average molecular weight is 444 g/mol. The Morgan fingerprint density at radius 1 is 1.00 bits per heavy atom. The van der Waals surface area contributed by atoms with E-state index in [2.05, 4.69) is 20.2 Å². The summed E-state index contributed by atoms with van der Waals surface area (Å²) in [6, 6.07) is 17.4. The van der Waals surface area contributed by atoms with Crippen LogP contribution in [0.4, 0.5) is 5.69 Å². The topological polar surface area (TPSA) is 85.3 Å². The molecule has 5 rings (SSSR count). The number of aromatic amines is 1. The summed E-state index contributed by atoms with van der Waals surface area (Å²) in [7, 11) is 1.62. The van der Waals surface area contributed by atoms with Crippen molar-refractivity contribution in [2.24, 2.45) is 0 Å². The van der Waals surface area contributed by atoms with Crippen LogP contribution in [-0.4, -0.2) is 53.4 Å². The third-order valence-corrected chi connectivity index (χ3v) is 5.79. The van der Waals surface area contributed by atoms with Gasteiger partial charge in [-0.1, -0.05) is 18.2 Å². The predicted octanol–water partition coefficient (Wildman–Crippen LogP) is 3.52. The Balaban J connectivity index is 1.55. The highest BCUT2D eigenvalue weighted by molar-refractivity contribution is 5.75. The monoisotopic (exact) mass is 443 g/mol. The van der Waals surface area contributed by atoms with Gasteiger partial charge in [0, 0.05) is 43.2 Å². The minimum absolute atomic E-state index is 0.194. The van der Waals surface area contributed by atoms with E-state index in [0.717, 1.165) is 37.5 Å². The van der Waals surface area contributed by atoms with Crippen LogP contribution in [-0.2, 0) is 4.74 Å². The maximum absolute atomic E-state index is 13.5. The molecule has 3 heterocycles. The van der Waals surface area contributed by atoms with Crippen LogP contribution in [0.15, 0.2) is 71.8 Å². The summed E-state index contributed by atoms with van der Waals surface area (Å²) in [5, 5.41) is 11.6. The van der Waals surface area contributed by atoms with E-state index in [0.29, 0.717) is 34.9 Å². The van der Waals surface area contributed by atoms with Gasteiger partial charge >= 0.3 is 0 Å². The zero-order chi connectivity index (χ0) is 22.6. The fourth-order valence-corrected chi connectivity index (χ4v) is 4.14. The van der Waals surface area contributed by atoms with Crippen molar-refractivity contribution >= 4 is 5.69 Å². The third-order valence-electron chi connectivity index (χ3n) is 5.79. The Morgan fingerprint density at radius 3 is 2.73 bits per heavy atom. The van der Waals surface area contributed by atoms with Crippen molar-refractivity contribution < 1.29 is 9.47 Å². The van der Waals surface area contributed by atoms with Gasteiger partial charge in [-0.05, 0) is 36.8 Å². The molecule has 0 radical (unpaired) electrons. The summed E-state index contributed by atoms with van der Waals surface area (Å²) in [5.41, 5.74) is 3.82. The lowest BCUT2D eigenvalue weighted by molar-refractivity contribution is 0.152. The molecule has 168 valence electrons. The van der Waals surface area contributed by atoms with Crippen LogP contribution >= 0.6 is 0 Å². The zero-order valence-corrected chi connectivity index (χ0v) is 18.4. The molecule has 0 spiro atoms. The van der Waals surface area contributed by atoms with Gasteiger partial charge in [0.05, 0.1) is 36.9 Å². The lowest BCUT2D eigenvalue weighted by Gasteiger charge is -2.23. The summed E-state index contributed by atoms with van der Waals surface area (Å²) in [6.45, 7) is 3.23. The van der Waals surface area contributed by atoms with Crippen LogP contribution in [0.2, 0.25) is 0 Å². The van der Waals surface area contributed by atoms with Crippen molar-refractivity contribution in [3.63, 3.8) is 0 Å². The van der Waals surface area contributed by atoms with Gasteiger partial charge in [0.2, 0.25) is 5.43 Å². The summed E-state index contributed by atoms with van der Waals surface area (Å²) >= 11 is 0. The minimum Gasteiger partial charge on any atom is -0.496 e. The molecule has 1 saturated heterocycles. The van der Waals surface area contributed by atoms with Crippen molar-refractivity contribution in [3.05, 3.63) is 77.2 Å². The molecule has 1 aliphatic rings. The van der Waals surface area contributed by atoms with E-state index in [9.17, 15) is 4.79 Å². The highest BCUT2D eigenvalue weighted by Crippen LogP contribution is 2.33. The maximum atomic E-state index is 13.5. The maximum Gasteiger partial charge on any atom is 0.217 e. The van der Waals surface area contributed by atoms with Crippen LogP contribution in [0.1, 0.15) is 6.42 Å². The first-order valence-corrected chi connectivity index (χ1v) is 11.0. The molecule has 8 heteroatoms. The van der Waals surface area contributed by atoms with E-state index in [4.69, 9.17) is 9.47 Å². The normalized spacial score (nSPS) is 14.2. The molecule has 1 fully saturated rings. The van der Waals surface area contributed by atoms with E-state index >= 15 is 0 Å². The van der Waals surface area contributed by atoms with Gasteiger partial charge in [0.25, 0.3) is 0 Å². The van der Waals surface area contributed by atoms with E-state index in [1.165, 1.54) is 0 Å². The largest absolute Gasteiger partial charge is 0.496 e. The van der Waals surface area contributed by atoms with Gasteiger partial charge in [-0.25, -0.2) is 4.68 Å². The third kappa shape index (κ3) is 4.12. The van der Waals surface area contributed by atoms with Gasteiger partial charge in [0.1, 0.15) is 5.75 Å². The summed E-state index contributed by atoms with van der Waals surface area (Å²) in [4.78, 5) is 15.8. The highest BCUT2D eigenvalue weighted by atomic mass is 16.5. The van der Waals surface area contributed by atoms with Gasteiger partial charge < -0.3 is 14.4 Å². The molecule has 0 atom stereocenters. The molecule has 2 aromatic heterocycles. The SMILES string of the molecule is COc1cc(N2CCCOCC2)ccc1-c1c[nH]nc(-c2ccnn2-c2ccccc2)c1=O. The number of hydrogen-bond acceptors (Lipinski definition) is 6. The lowest BCUT2D eigenvalue weighted by atomic mass is 10.0. The molecule has 0 bridgehead atoms. The van der Waals surface area contributed by atoms with Crippen LogP contribution in [0.5, 0.6) is 5.75 Å². The van der Waals surface area contributed by atoms with Gasteiger partial charge in [-0.2, -0.15) is 10.2 Å². The molecule has 0 saturated carbocycles. The minimum atomic E-state index is -0.194. The number of H-pyrrole nitrogens is 1. The smallest absolute Gasteiger partial charge is 0.217 e. The first-order valence-electron chi connectivity index (χ1n) is 11.0. The van der Waals surface area contributed by atoms with Crippen LogP contribution in [0.25, 0.3) is 28.2 Å². The molecule has 0 aliphatic carbocycles. The molecule has 0 amide bonds. The Kier molecular flexibility index (Phi) is 5.91. The summed E-state index contributed by atoms with van der Waals surface area (Å²) in [6.07, 6.45) is 4.26. The average Bonchev–Trinajstić information content (AvgIpc) is 3.19. The Bertz CT molecular complexity index is 1290. The summed E-state index contributed by atoms with van der Waals surface area (Å²) < 4.78 is 13.0. The lowest BCUT2D eigenvalue weighted by Crippen LogP contribution is -2.25. The number of ether oxygens (including phenoxy) is 2. The van der Waals surface area contributed by atoms with Gasteiger partial charge in [-0.3, -0.25) is 9.89 Å². The fourth-order valence-electron chi connectivity index (χ4n) is 4.14. The Hall–Kier alpha value is -3.91. The number of methoxy groups -OCH3 is 1. The van der Waals surface area contributed by atoms with Crippen LogP contribution < -0.4 is 15.1 Å². The number of benzene rings is 2. The number of hydrogen-bond donors (Lipinski definition) is 1. The highest BCUT2D eigenvalue weighted by Gasteiger charge is 2.19. The Labute approximate surface area is 191 Å². The van der Waals surface area contributed by atoms with E-state index in [-0.39, 0.29) is 5.43 Å². The first-order chi connectivity index (χ1) is 16.3. The standard InChI is InChI=1S/C25H25N5O3/c1-32-23-16-19(29-12-5-14-33-15-13-29)8-9-20(23)21-17-26-28-24(25(21)31)22-10-11-27-30(22)18-6-3-2-4-7-18/h2-4,6-11,16-17H,5,12-15H2,1H3,(H,26,31). The predicted molar refractivity (Wildman–Crippen MR) is 127 cm³/mol. The van der Waals surface area contributed by atoms with Gasteiger partial charge in [0.15, 0.2) is 5.69 Å². The van der Waals surface area contributed by atoms with Crippen molar-refractivity contribution in [2.75, 3.05) is 38.3 Å². The number of para-hydroxylation sites is 1. The van der Waals surface area contributed by atoms with E-state index < -0.39 is 0 Å². The molecule has 33 heavy (non-hydrogen) atoms. The van der Waals surface area contributed by atoms with E-state index in [1.807, 2.05) is 48.5 Å². The molecule has 4 aromatic rings. The fraction of sp³-hybridized carbons (Fsp3) is 0.240. The molecular weight excluding hydrogens is 418 g/mol. The van der Waals surface area contributed by atoms with Crippen LogP contribution in [0.3, 0.4) is 0 Å². The molecule has 1 N–H and O–H groups in total. The number of aromatic nitrogens is 4. The molecule has 0 unspecified atom stereocenters. The molecule has 8 nitrogen and oxygen atoms in total. The molecule has 1 aliphatic heterocycles. The Morgan fingerprint density at radius 2 is 1.88 bits per heavy atom. The van der Waals surface area contributed by atoms with Crippen molar-refractivity contribution in [1.82, 2.24) is 20.0 Å². The van der Waals surface area contributed by atoms with Crippen LogP contribution in [0, 0.1) is 0 Å². The van der Waals surface area contributed by atoms with Gasteiger partial charge in [-0.15, -0.1) is 0 Å². The molecular formula is C25H25N5O3. The van der Waals surface area contributed by atoms with Crippen molar-refractivity contribution in [3.8, 4) is 34.0 Å². The number of nitrogens with zero attached hydrogens (tertiary/aromatic N) is 4. The van der Waals surface area contributed by atoms with Crippen molar-refractivity contribution in [1.29, 1.82) is 0 Å². The first kappa shape index (κ1) is 21.0. The quantitative estimate of drug-likeness (QED) is 0.508. The second kappa shape index (κ2) is 9.30. The molecule has 2 aromatic carbocycles. The number of rotatable bonds is 5. The zero-order valence-electron chi connectivity index (χ0n) is 18.4. The van der Waals surface area contributed by atoms with Crippen molar-refractivity contribution in [2.45, 2.75) is 6.42 Å². The summed E-state index contributed by atoms with van der Waals surface area (Å²) in [5.74, 6) is 0.636. The number of anilines is 1.